The molecule has 0 spiro atoms. The number of amides is 1. The molecule has 0 unspecified atom stereocenters. The fourth-order valence-corrected chi connectivity index (χ4v) is 2.45. The smallest absolute Gasteiger partial charge is 0.270 e. The zero-order valence-corrected chi connectivity index (χ0v) is 12.4. The van der Waals surface area contributed by atoms with Gasteiger partial charge in [0.25, 0.3) is 5.69 Å². The first kappa shape index (κ1) is 14.9. The average molecular weight is 313 g/mol. The molecule has 2 heterocycles. The second kappa shape index (κ2) is 5.99. The van der Waals surface area contributed by atoms with Crippen molar-refractivity contribution in [2.24, 2.45) is 0 Å². The van der Waals surface area contributed by atoms with Gasteiger partial charge in [0.2, 0.25) is 5.91 Å². The zero-order chi connectivity index (χ0) is 16.4. The summed E-state index contributed by atoms with van der Waals surface area (Å²) >= 11 is 0. The van der Waals surface area contributed by atoms with Gasteiger partial charge in [-0.1, -0.05) is 12.1 Å². The van der Waals surface area contributed by atoms with E-state index in [9.17, 15) is 14.9 Å². The molecular formula is C15H15N5O3. The van der Waals surface area contributed by atoms with Crippen molar-refractivity contribution in [1.82, 2.24) is 15.3 Å². The van der Waals surface area contributed by atoms with Gasteiger partial charge in [-0.15, -0.1) is 0 Å². The van der Waals surface area contributed by atoms with Crippen LogP contribution in [0.2, 0.25) is 0 Å². The molecule has 2 aromatic rings. The van der Waals surface area contributed by atoms with Crippen LogP contribution < -0.4 is 10.6 Å². The molecule has 0 aliphatic carbocycles. The Labute approximate surface area is 132 Å². The largest absolute Gasteiger partial charge is 0.365 e. The van der Waals surface area contributed by atoms with Crippen LogP contribution in [0.1, 0.15) is 12.1 Å². The summed E-state index contributed by atoms with van der Waals surface area (Å²) in [4.78, 5) is 30.4. The van der Waals surface area contributed by atoms with Crippen molar-refractivity contribution in [3.63, 3.8) is 0 Å². The van der Waals surface area contributed by atoms with E-state index in [4.69, 9.17) is 0 Å². The minimum absolute atomic E-state index is 0.00665. The van der Waals surface area contributed by atoms with Gasteiger partial charge in [0.1, 0.15) is 5.82 Å². The number of non-ortho nitro benzene ring substituents is 1. The predicted molar refractivity (Wildman–Crippen MR) is 83.9 cm³/mol. The molecule has 0 radical (unpaired) electrons. The van der Waals surface area contributed by atoms with Crippen molar-refractivity contribution >= 4 is 17.4 Å². The average Bonchev–Trinajstić information content (AvgIpc) is 2.92. The molecule has 1 amide bonds. The topological polar surface area (TPSA) is 110 Å². The molecule has 1 atom stereocenters. The van der Waals surface area contributed by atoms with Crippen LogP contribution in [0, 0.1) is 17.0 Å². The van der Waals surface area contributed by atoms with Crippen LogP contribution in [-0.2, 0) is 4.79 Å². The quantitative estimate of drug-likeness (QED) is 0.656. The number of nitrogens with zero attached hydrogens (tertiary/aromatic N) is 3. The summed E-state index contributed by atoms with van der Waals surface area (Å²) in [5.74, 6) is 1.01. The number of nitro benzene ring substituents is 1. The van der Waals surface area contributed by atoms with Gasteiger partial charge in [-0.2, -0.15) is 0 Å². The summed E-state index contributed by atoms with van der Waals surface area (Å²) in [5.41, 5.74) is 1.31. The van der Waals surface area contributed by atoms with Crippen LogP contribution in [-0.4, -0.2) is 33.4 Å². The monoisotopic (exact) mass is 313 g/mol. The summed E-state index contributed by atoms with van der Waals surface area (Å²) in [6.45, 7) is 2.37. The van der Waals surface area contributed by atoms with Gasteiger partial charge in [-0.25, -0.2) is 9.97 Å². The zero-order valence-electron chi connectivity index (χ0n) is 12.4. The Balaban J connectivity index is 1.89. The molecule has 1 aromatic heterocycles. The lowest BCUT2D eigenvalue weighted by Crippen LogP contribution is -2.23. The highest BCUT2D eigenvalue weighted by atomic mass is 16.6. The van der Waals surface area contributed by atoms with Crippen LogP contribution in [0.5, 0.6) is 0 Å². The molecule has 118 valence electrons. The predicted octanol–water partition coefficient (Wildman–Crippen LogP) is 1.66. The highest BCUT2D eigenvalue weighted by molar-refractivity contribution is 5.79. The molecule has 1 aliphatic rings. The number of nitrogens with one attached hydrogen (secondary N) is 2. The first-order chi connectivity index (χ1) is 11.0. The second-order valence-electron chi connectivity index (χ2n) is 5.38. The maximum absolute atomic E-state index is 11.3. The van der Waals surface area contributed by atoms with Crippen LogP contribution in [0.4, 0.5) is 11.5 Å². The van der Waals surface area contributed by atoms with Crippen molar-refractivity contribution < 1.29 is 9.72 Å². The van der Waals surface area contributed by atoms with Gasteiger partial charge in [0, 0.05) is 42.4 Å². The van der Waals surface area contributed by atoms with Crippen LogP contribution in [0.3, 0.4) is 0 Å². The normalized spacial score (nSPS) is 16.9. The standard InChI is InChI=1S/C15H15N5O3/c1-9-5-13(18-11-7-14(21)16-8-11)19-15(17-9)10-3-2-4-12(6-10)20(22)23/h2-6,11H,7-8H2,1H3,(H,16,21)(H,17,18,19)/t11-/m0/s1. The molecule has 1 aliphatic heterocycles. The van der Waals surface area contributed by atoms with Crippen molar-refractivity contribution in [3.8, 4) is 11.4 Å². The van der Waals surface area contributed by atoms with E-state index in [0.717, 1.165) is 5.69 Å². The highest BCUT2D eigenvalue weighted by Gasteiger charge is 2.21. The highest BCUT2D eigenvalue weighted by Crippen LogP contribution is 2.23. The van der Waals surface area contributed by atoms with Gasteiger partial charge >= 0.3 is 0 Å². The minimum Gasteiger partial charge on any atom is -0.365 e. The summed E-state index contributed by atoms with van der Waals surface area (Å²) in [7, 11) is 0. The number of aryl methyl sites for hydroxylation is 1. The Hall–Kier alpha value is -3.03. The van der Waals surface area contributed by atoms with Gasteiger partial charge in [0.15, 0.2) is 5.82 Å². The number of hydrogen-bond acceptors (Lipinski definition) is 6. The molecule has 8 nitrogen and oxygen atoms in total. The molecule has 1 aromatic carbocycles. The van der Waals surface area contributed by atoms with Gasteiger partial charge in [-0.3, -0.25) is 14.9 Å². The lowest BCUT2D eigenvalue weighted by Gasteiger charge is -2.12. The van der Waals surface area contributed by atoms with E-state index in [1.54, 1.807) is 18.2 Å². The van der Waals surface area contributed by atoms with E-state index in [-0.39, 0.29) is 17.6 Å². The third-order valence-electron chi connectivity index (χ3n) is 3.50. The number of carbonyl (C=O) groups excluding carboxylic acids is 1. The van der Waals surface area contributed by atoms with Crippen molar-refractivity contribution in [1.29, 1.82) is 0 Å². The molecule has 23 heavy (non-hydrogen) atoms. The van der Waals surface area contributed by atoms with Gasteiger partial charge in [0.05, 0.1) is 11.0 Å². The Morgan fingerprint density at radius 3 is 2.87 bits per heavy atom. The van der Waals surface area contributed by atoms with Gasteiger partial charge < -0.3 is 10.6 Å². The fourth-order valence-electron chi connectivity index (χ4n) is 2.45. The maximum atomic E-state index is 11.3. The van der Waals surface area contributed by atoms with Crippen LogP contribution in [0.25, 0.3) is 11.4 Å². The third-order valence-corrected chi connectivity index (χ3v) is 3.50. The molecule has 3 rings (SSSR count). The van der Waals surface area contributed by atoms with E-state index in [1.165, 1.54) is 12.1 Å². The number of rotatable bonds is 4. The van der Waals surface area contributed by atoms with Crippen LogP contribution in [0.15, 0.2) is 30.3 Å². The molecule has 0 bridgehead atoms. The maximum Gasteiger partial charge on any atom is 0.270 e. The molecule has 1 fully saturated rings. The number of anilines is 1. The van der Waals surface area contributed by atoms with E-state index in [1.807, 2.05) is 6.92 Å². The lowest BCUT2D eigenvalue weighted by atomic mass is 10.2. The summed E-state index contributed by atoms with van der Waals surface area (Å²) in [6.07, 6.45) is 0.398. The molecule has 1 saturated heterocycles. The molecule has 2 N–H and O–H groups in total. The third kappa shape index (κ3) is 3.42. The molecule has 8 heteroatoms. The Morgan fingerprint density at radius 2 is 2.17 bits per heavy atom. The number of benzene rings is 1. The van der Waals surface area contributed by atoms with E-state index in [2.05, 4.69) is 20.6 Å². The fraction of sp³-hybridized carbons (Fsp3) is 0.267. The molecule has 0 saturated carbocycles. The lowest BCUT2D eigenvalue weighted by molar-refractivity contribution is -0.384. The Bertz CT molecular complexity index is 777. The summed E-state index contributed by atoms with van der Waals surface area (Å²) in [6, 6.07) is 7.96. The SMILES string of the molecule is Cc1cc(N[C@@H]2CNC(=O)C2)nc(-c2cccc([N+](=O)[O-])c2)n1. The van der Waals surface area contributed by atoms with Crippen molar-refractivity contribution in [2.75, 3.05) is 11.9 Å². The second-order valence-corrected chi connectivity index (χ2v) is 5.38. The summed E-state index contributed by atoms with van der Waals surface area (Å²) in [5, 5.41) is 16.8. The van der Waals surface area contributed by atoms with Crippen molar-refractivity contribution in [3.05, 3.63) is 46.1 Å². The Morgan fingerprint density at radius 1 is 1.35 bits per heavy atom. The summed E-state index contributed by atoms with van der Waals surface area (Å²) < 4.78 is 0. The minimum atomic E-state index is -0.450. The number of nitro groups is 1. The first-order valence-corrected chi connectivity index (χ1v) is 7.15. The number of carbonyl (C=O) groups is 1. The van der Waals surface area contributed by atoms with E-state index < -0.39 is 4.92 Å². The Kier molecular flexibility index (Phi) is 3.88. The first-order valence-electron chi connectivity index (χ1n) is 7.15. The van der Waals surface area contributed by atoms with Gasteiger partial charge in [-0.05, 0) is 6.92 Å². The molecular weight excluding hydrogens is 298 g/mol. The van der Waals surface area contributed by atoms with E-state index >= 15 is 0 Å². The van der Waals surface area contributed by atoms with E-state index in [0.29, 0.717) is 30.2 Å². The van der Waals surface area contributed by atoms with Crippen LogP contribution >= 0.6 is 0 Å². The van der Waals surface area contributed by atoms with Crippen molar-refractivity contribution in [2.45, 2.75) is 19.4 Å². The number of aromatic nitrogens is 2. The number of hydrogen-bond donors (Lipinski definition) is 2.